The molecule has 0 aromatic rings. The molecule has 4 nitrogen and oxygen atoms in total. The fourth-order valence-electron chi connectivity index (χ4n) is 4.13. The fourth-order valence-corrected chi connectivity index (χ4v) is 5.11. The minimum absolute atomic E-state index is 0. The first-order valence-corrected chi connectivity index (χ1v) is 10.4. The number of guanidine groups is 1. The van der Waals surface area contributed by atoms with E-state index in [-0.39, 0.29) is 24.0 Å². The summed E-state index contributed by atoms with van der Waals surface area (Å²) in [5, 5.41) is 3.53. The Bertz CT molecular complexity index is 360. The van der Waals surface area contributed by atoms with Gasteiger partial charge in [0.15, 0.2) is 5.96 Å². The third-order valence-corrected chi connectivity index (χ3v) is 6.33. The summed E-state index contributed by atoms with van der Waals surface area (Å²) in [6.45, 7) is 10.2. The normalized spacial score (nSPS) is 29.1. The predicted octanol–water partition coefficient (Wildman–Crippen LogP) is 2.74. The van der Waals surface area contributed by atoms with Crippen LogP contribution in [0.25, 0.3) is 0 Å². The third-order valence-electron chi connectivity index (χ3n) is 5.39. The Kier molecular flexibility index (Phi) is 8.82. The van der Waals surface area contributed by atoms with Crippen molar-refractivity contribution in [1.29, 1.82) is 0 Å². The summed E-state index contributed by atoms with van der Waals surface area (Å²) in [6.07, 6.45) is 5.75. The minimum Gasteiger partial charge on any atom is -0.357 e. The molecule has 3 fully saturated rings. The van der Waals surface area contributed by atoms with Crippen molar-refractivity contribution in [1.82, 2.24) is 15.1 Å². The summed E-state index contributed by atoms with van der Waals surface area (Å²) < 4.78 is 0. The first-order chi connectivity index (χ1) is 10.9. The summed E-state index contributed by atoms with van der Waals surface area (Å²) in [5.41, 5.74) is 0. The van der Waals surface area contributed by atoms with Gasteiger partial charge in [-0.1, -0.05) is 12.8 Å². The molecule has 2 saturated heterocycles. The van der Waals surface area contributed by atoms with E-state index in [4.69, 9.17) is 4.99 Å². The van der Waals surface area contributed by atoms with E-state index in [1.807, 2.05) is 0 Å². The van der Waals surface area contributed by atoms with Crippen molar-refractivity contribution in [3.63, 3.8) is 0 Å². The molecule has 1 saturated carbocycles. The minimum atomic E-state index is 0. The number of rotatable bonds is 4. The van der Waals surface area contributed by atoms with Gasteiger partial charge in [-0.05, 0) is 31.6 Å². The standard InChI is InChI=1S/C17H32N4S.HI/c1-2-18-17(19-7-8-20-9-11-22-12-10-20)21-13-15-5-3-4-6-16(15)14-21;/h15-16H,2-14H2,1H3,(H,18,19);1H. The predicted molar refractivity (Wildman–Crippen MR) is 112 cm³/mol. The number of fused-ring (bicyclic) bond motifs is 1. The van der Waals surface area contributed by atoms with Crippen molar-refractivity contribution in [2.24, 2.45) is 16.8 Å². The number of aliphatic imine (C=N–C) groups is 1. The Balaban J connectivity index is 0.00000192. The largest absolute Gasteiger partial charge is 0.357 e. The molecule has 0 bridgehead atoms. The van der Waals surface area contributed by atoms with Crippen molar-refractivity contribution in [2.45, 2.75) is 32.6 Å². The van der Waals surface area contributed by atoms with Gasteiger partial charge in [0.2, 0.25) is 0 Å². The van der Waals surface area contributed by atoms with Crippen LogP contribution in [0.3, 0.4) is 0 Å². The van der Waals surface area contributed by atoms with Gasteiger partial charge in [-0.2, -0.15) is 11.8 Å². The zero-order chi connectivity index (χ0) is 15.2. The Morgan fingerprint density at radius 1 is 1.13 bits per heavy atom. The van der Waals surface area contributed by atoms with E-state index in [1.165, 1.54) is 69.3 Å². The molecule has 0 radical (unpaired) electrons. The average molecular weight is 452 g/mol. The van der Waals surface area contributed by atoms with E-state index in [0.717, 1.165) is 31.5 Å². The second-order valence-electron chi connectivity index (χ2n) is 6.90. The fraction of sp³-hybridized carbons (Fsp3) is 0.941. The summed E-state index contributed by atoms with van der Waals surface area (Å²) in [4.78, 5) is 10.0. The summed E-state index contributed by atoms with van der Waals surface area (Å²) in [5.74, 6) is 5.61. The number of halogens is 1. The zero-order valence-corrected chi connectivity index (χ0v) is 17.7. The van der Waals surface area contributed by atoms with Crippen molar-refractivity contribution in [3.8, 4) is 0 Å². The monoisotopic (exact) mass is 452 g/mol. The van der Waals surface area contributed by atoms with Crippen LogP contribution in [0.5, 0.6) is 0 Å². The van der Waals surface area contributed by atoms with Crippen LogP contribution in [0.2, 0.25) is 0 Å². The van der Waals surface area contributed by atoms with Crippen LogP contribution < -0.4 is 5.32 Å². The van der Waals surface area contributed by atoms with Crippen molar-refractivity contribution in [3.05, 3.63) is 0 Å². The summed E-state index contributed by atoms with van der Waals surface area (Å²) in [6, 6.07) is 0. The first-order valence-electron chi connectivity index (χ1n) is 9.20. The topological polar surface area (TPSA) is 30.9 Å². The molecule has 0 spiro atoms. The van der Waals surface area contributed by atoms with Crippen molar-refractivity contribution < 1.29 is 0 Å². The van der Waals surface area contributed by atoms with Crippen LogP contribution in [0.15, 0.2) is 4.99 Å². The number of nitrogens with zero attached hydrogens (tertiary/aromatic N) is 3. The highest BCUT2D eigenvalue weighted by atomic mass is 127. The van der Waals surface area contributed by atoms with Gasteiger partial charge < -0.3 is 10.2 Å². The molecule has 2 heterocycles. The maximum absolute atomic E-state index is 4.93. The van der Waals surface area contributed by atoms with Crippen LogP contribution in [0, 0.1) is 11.8 Å². The van der Waals surface area contributed by atoms with E-state index in [1.54, 1.807) is 0 Å². The molecular formula is C17H33IN4S. The number of likely N-dealkylation sites (tertiary alicyclic amines) is 1. The highest BCUT2D eigenvalue weighted by Gasteiger charge is 2.35. The number of nitrogens with one attached hydrogen (secondary N) is 1. The Morgan fingerprint density at radius 2 is 1.78 bits per heavy atom. The number of hydrogen-bond acceptors (Lipinski definition) is 3. The molecule has 3 aliphatic rings. The molecule has 0 amide bonds. The maximum atomic E-state index is 4.93. The van der Waals surface area contributed by atoms with E-state index in [2.05, 4.69) is 33.8 Å². The molecule has 0 aromatic carbocycles. The lowest BCUT2D eigenvalue weighted by Gasteiger charge is -2.26. The van der Waals surface area contributed by atoms with Crippen LogP contribution in [0.1, 0.15) is 32.6 Å². The molecule has 2 atom stereocenters. The van der Waals surface area contributed by atoms with Gasteiger partial charge in [0.25, 0.3) is 0 Å². The average Bonchev–Trinajstić information content (AvgIpc) is 2.99. The van der Waals surface area contributed by atoms with E-state index in [9.17, 15) is 0 Å². The second kappa shape index (κ2) is 10.3. The van der Waals surface area contributed by atoms with E-state index < -0.39 is 0 Å². The van der Waals surface area contributed by atoms with Gasteiger partial charge in [0.1, 0.15) is 0 Å². The highest BCUT2D eigenvalue weighted by molar-refractivity contribution is 14.0. The third kappa shape index (κ3) is 5.66. The number of thioether (sulfide) groups is 1. The summed E-state index contributed by atoms with van der Waals surface area (Å²) in [7, 11) is 0. The van der Waals surface area contributed by atoms with Gasteiger partial charge in [0, 0.05) is 50.8 Å². The van der Waals surface area contributed by atoms with E-state index >= 15 is 0 Å². The molecular weight excluding hydrogens is 419 g/mol. The lowest BCUT2D eigenvalue weighted by Crippen LogP contribution is -2.41. The Morgan fingerprint density at radius 3 is 2.39 bits per heavy atom. The van der Waals surface area contributed by atoms with Crippen LogP contribution in [-0.4, -0.2) is 73.1 Å². The van der Waals surface area contributed by atoms with Gasteiger partial charge in [-0.3, -0.25) is 9.89 Å². The Labute approximate surface area is 163 Å². The van der Waals surface area contributed by atoms with Gasteiger partial charge >= 0.3 is 0 Å². The Hall–Kier alpha value is 0.310. The highest BCUT2D eigenvalue weighted by Crippen LogP contribution is 2.35. The van der Waals surface area contributed by atoms with Gasteiger partial charge in [0.05, 0.1) is 6.54 Å². The van der Waals surface area contributed by atoms with Gasteiger partial charge in [-0.15, -0.1) is 24.0 Å². The molecule has 6 heteroatoms. The molecule has 2 aliphatic heterocycles. The SMILES string of the molecule is CCNC(=NCCN1CCSCC1)N1CC2CCCCC2C1.I. The number of hydrogen-bond donors (Lipinski definition) is 1. The molecule has 1 aliphatic carbocycles. The quantitative estimate of drug-likeness (QED) is 0.404. The van der Waals surface area contributed by atoms with Gasteiger partial charge in [-0.25, -0.2) is 0 Å². The lowest BCUT2D eigenvalue weighted by molar-refractivity contribution is 0.299. The molecule has 134 valence electrons. The van der Waals surface area contributed by atoms with Crippen LogP contribution >= 0.6 is 35.7 Å². The molecule has 23 heavy (non-hydrogen) atoms. The van der Waals surface area contributed by atoms with E-state index in [0.29, 0.717) is 0 Å². The first kappa shape index (κ1) is 19.6. The van der Waals surface area contributed by atoms with Crippen LogP contribution in [0.4, 0.5) is 0 Å². The summed E-state index contributed by atoms with van der Waals surface area (Å²) >= 11 is 2.08. The maximum Gasteiger partial charge on any atom is 0.193 e. The zero-order valence-electron chi connectivity index (χ0n) is 14.5. The molecule has 2 unspecified atom stereocenters. The van der Waals surface area contributed by atoms with Crippen molar-refractivity contribution >= 4 is 41.7 Å². The lowest BCUT2D eigenvalue weighted by atomic mass is 9.82. The van der Waals surface area contributed by atoms with Crippen molar-refractivity contribution in [2.75, 3.05) is 57.3 Å². The molecule has 1 N–H and O–H groups in total. The van der Waals surface area contributed by atoms with Crippen LogP contribution in [-0.2, 0) is 0 Å². The smallest absolute Gasteiger partial charge is 0.193 e. The molecule has 0 aromatic heterocycles. The second-order valence-corrected chi connectivity index (χ2v) is 8.12. The molecule has 3 rings (SSSR count).